The first kappa shape index (κ1) is 19.7. The van der Waals surface area contributed by atoms with Gasteiger partial charge in [-0.05, 0) is 45.2 Å². The fraction of sp³-hybridized carbons (Fsp3) is 0.421. The minimum absolute atomic E-state index is 0.220. The predicted molar refractivity (Wildman–Crippen MR) is 103 cm³/mol. The number of nitrogens with one attached hydrogen (secondary N) is 1. The number of aromatic nitrogens is 4. The predicted octanol–water partition coefficient (Wildman–Crippen LogP) is 3.09. The number of aryl methyl sites for hydroxylation is 3. The maximum atomic E-state index is 13.8. The van der Waals surface area contributed by atoms with Crippen LogP contribution in [-0.2, 0) is 10.0 Å². The second-order valence-corrected chi connectivity index (χ2v) is 9.26. The molecule has 29 heavy (non-hydrogen) atoms. The summed E-state index contributed by atoms with van der Waals surface area (Å²) in [6.07, 6.45) is 1.41. The molecule has 1 aliphatic rings. The summed E-state index contributed by atoms with van der Waals surface area (Å²) in [7, 11) is -3.68. The van der Waals surface area contributed by atoms with Crippen LogP contribution in [-0.4, -0.2) is 46.2 Å². The lowest BCUT2D eigenvalue weighted by Gasteiger charge is -2.30. The topological polar surface area (TPSA) is 105 Å². The molecule has 3 heterocycles. The van der Waals surface area contributed by atoms with Gasteiger partial charge >= 0.3 is 0 Å². The fourth-order valence-electron chi connectivity index (χ4n) is 3.66. The summed E-state index contributed by atoms with van der Waals surface area (Å²) in [6, 6.07) is 4.76. The second kappa shape index (κ2) is 7.34. The van der Waals surface area contributed by atoms with Gasteiger partial charge < -0.3 is 4.52 Å². The summed E-state index contributed by atoms with van der Waals surface area (Å²) in [4.78, 5) is 4.63. The summed E-state index contributed by atoms with van der Waals surface area (Å²) in [5.74, 6) is 0.0964. The number of H-pyrrole nitrogens is 1. The number of benzene rings is 1. The van der Waals surface area contributed by atoms with Crippen LogP contribution in [0.4, 0.5) is 4.39 Å². The van der Waals surface area contributed by atoms with Crippen LogP contribution in [0.15, 0.2) is 27.6 Å². The van der Waals surface area contributed by atoms with Crippen LogP contribution in [0.25, 0.3) is 11.4 Å². The van der Waals surface area contributed by atoms with Crippen LogP contribution in [0.2, 0.25) is 0 Å². The molecule has 0 spiro atoms. The zero-order valence-electron chi connectivity index (χ0n) is 16.4. The summed E-state index contributed by atoms with van der Waals surface area (Å²) >= 11 is 0. The highest BCUT2D eigenvalue weighted by molar-refractivity contribution is 7.89. The number of hydrogen-bond donors (Lipinski definition) is 1. The zero-order valence-corrected chi connectivity index (χ0v) is 17.3. The van der Waals surface area contributed by atoms with Crippen molar-refractivity contribution in [1.29, 1.82) is 0 Å². The Bertz CT molecular complexity index is 1140. The van der Waals surface area contributed by atoms with Crippen molar-refractivity contribution >= 4 is 10.0 Å². The van der Waals surface area contributed by atoms with Crippen LogP contribution in [0.1, 0.15) is 41.6 Å². The van der Waals surface area contributed by atoms with Crippen LogP contribution in [0, 0.1) is 26.6 Å². The smallest absolute Gasteiger partial charge is 0.246 e. The Morgan fingerprint density at radius 2 is 2.07 bits per heavy atom. The minimum atomic E-state index is -3.68. The molecule has 1 N–H and O–H groups in total. The Labute approximate surface area is 168 Å². The SMILES string of the molecule is Cc1ccc(-c2noc([C@@H]3CCCN(S(=O)(=O)c4c(C)n[nH]c4C)C3)n2)cc1F. The molecular formula is C19H22FN5O3S. The maximum absolute atomic E-state index is 13.8. The number of piperidine rings is 1. The molecule has 1 fully saturated rings. The van der Waals surface area contributed by atoms with Crippen molar-refractivity contribution in [3.8, 4) is 11.4 Å². The van der Waals surface area contributed by atoms with Crippen LogP contribution >= 0.6 is 0 Å². The van der Waals surface area contributed by atoms with Crippen molar-refractivity contribution in [2.24, 2.45) is 0 Å². The van der Waals surface area contributed by atoms with Crippen LogP contribution in [0.3, 0.4) is 0 Å². The molecule has 1 aliphatic heterocycles. The first-order chi connectivity index (χ1) is 13.8. The summed E-state index contributed by atoms with van der Waals surface area (Å²) < 4.78 is 46.9. The molecule has 1 saturated heterocycles. The largest absolute Gasteiger partial charge is 0.339 e. The van der Waals surface area contributed by atoms with Gasteiger partial charge in [-0.1, -0.05) is 17.3 Å². The standard InChI is InChI=1S/C19H22FN5O3S/c1-11-6-7-14(9-16(11)20)18-21-19(28-24-18)15-5-4-8-25(10-15)29(26,27)17-12(2)22-23-13(17)3/h6-7,9,15H,4-5,8,10H2,1-3H3,(H,22,23)/t15-/m1/s1. The lowest BCUT2D eigenvalue weighted by molar-refractivity contribution is 0.265. The molecule has 0 amide bonds. The Hall–Kier alpha value is -2.59. The second-order valence-electron chi connectivity index (χ2n) is 7.39. The van der Waals surface area contributed by atoms with E-state index in [0.717, 1.165) is 6.42 Å². The van der Waals surface area contributed by atoms with Crippen LogP contribution in [0.5, 0.6) is 0 Å². The maximum Gasteiger partial charge on any atom is 0.246 e. The van der Waals surface area contributed by atoms with E-state index in [9.17, 15) is 12.8 Å². The Morgan fingerprint density at radius 3 is 2.76 bits per heavy atom. The van der Waals surface area contributed by atoms with E-state index in [0.29, 0.717) is 47.2 Å². The summed E-state index contributed by atoms with van der Waals surface area (Å²) in [6.45, 7) is 5.71. The van der Waals surface area contributed by atoms with Gasteiger partial charge in [0.15, 0.2) is 0 Å². The molecule has 0 aliphatic carbocycles. The van der Waals surface area contributed by atoms with Gasteiger partial charge in [-0.2, -0.15) is 14.4 Å². The molecule has 1 aromatic carbocycles. The molecule has 2 aromatic heterocycles. The molecule has 0 bridgehead atoms. The van der Waals surface area contributed by atoms with Crippen molar-refractivity contribution in [2.45, 2.75) is 44.4 Å². The lowest BCUT2D eigenvalue weighted by Crippen LogP contribution is -2.39. The van der Waals surface area contributed by atoms with E-state index in [1.807, 2.05) is 0 Å². The molecule has 0 unspecified atom stereocenters. The van der Waals surface area contributed by atoms with E-state index in [1.54, 1.807) is 32.9 Å². The van der Waals surface area contributed by atoms with Gasteiger partial charge in [-0.3, -0.25) is 5.10 Å². The minimum Gasteiger partial charge on any atom is -0.339 e. The van der Waals surface area contributed by atoms with Crippen molar-refractivity contribution in [3.63, 3.8) is 0 Å². The van der Waals surface area contributed by atoms with Gasteiger partial charge in [0.1, 0.15) is 10.7 Å². The highest BCUT2D eigenvalue weighted by atomic mass is 32.2. The molecule has 154 valence electrons. The average Bonchev–Trinajstić information content (AvgIpc) is 3.31. The van der Waals surface area contributed by atoms with E-state index in [2.05, 4.69) is 20.3 Å². The summed E-state index contributed by atoms with van der Waals surface area (Å²) in [5, 5.41) is 10.7. The Kier molecular flexibility index (Phi) is 4.99. The van der Waals surface area contributed by atoms with Gasteiger partial charge in [0.05, 0.1) is 17.3 Å². The van der Waals surface area contributed by atoms with Crippen molar-refractivity contribution in [2.75, 3.05) is 13.1 Å². The number of halogens is 1. The van der Waals surface area contributed by atoms with Crippen molar-refractivity contribution in [1.82, 2.24) is 24.6 Å². The molecular weight excluding hydrogens is 397 g/mol. The monoisotopic (exact) mass is 419 g/mol. The molecule has 10 heteroatoms. The van der Waals surface area contributed by atoms with E-state index >= 15 is 0 Å². The molecule has 8 nitrogen and oxygen atoms in total. The average molecular weight is 419 g/mol. The third kappa shape index (κ3) is 3.58. The van der Waals surface area contributed by atoms with E-state index in [1.165, 1.54) is 10.4 Å². The third-order valence-corrected chi connectivity index (χ3v) is 7.39. The molecule has 0 saturated carbocycles. The van der Waals surface area contributed by atoms with Gasteiger partial charge in [-0.25, -0.2) is 12.8 Å². The first-order valence-electron chi connectivity index (χ1n) is 9.39. The number of nitrogens with zero attached hydrogens (tertiary/aromatic N) is 4. The first-order valence-corrected chi connectivity index (χ1v) is 10.8. The normalized spacial score (nSPS) is 18.3. The number of aromatic amines is 1. The van der Waals surface area contributed by atoms with Gasteiger partial charge in [0.2, 0.25) is 21.7 Å². The quantitative estimate of drug-likeness (QED) is 0.697. The summed E-state index contributed by atoms with van der Waals surface area (Å²) in [5.41, 5.74) is 2.03. The molecule has 1 atom stereocenters. The molecule has 0 radical (unpaired) electrons. The van der Waals surface area contributed by atoms with Gasteiger partial charge in [0.25, 0.3) is 0 Å². The number of rotatable bonds is 4. The van der Waals surface area contributed by atoms with E-state index in [-0.39, 0.29) is 23.2 Å². The Morgan fingerprint density at radius 1 is 1.28 bits per heavy atom. The van der Waals surface area contributed by atoms with Crippen molar-refractivity contribution < 1.29 is 17.3 Å². The third-order valence-electron chi connectivity index (χ3n) is 5.26. The fourth-order valence-corrected chi connectivity index (χ4v) is 5.52. The highest BCUT2D eigenvalue weighted by Crippen LogP contribution is 2.32. The van der Waals surface area contributed by atoms with E-state index < -0.39 is 10.0 Å². The molecule has 4 rings (SSSR count). The van der Waals surface area contributed by atoms with Crippen LogP contribution < -0.4 is 0 Å². The van der Waals surface area contributed by atoms with Gasteiger partial charge in [0, 0.05) is 18.7 Å². The number of sulfonamides is 1. The van der Waals surface area contributed by atoms with E-state index in [4.69, 9.17) is 4.52 Å². The Balaban J connectivity index is 1.58. The zero-order chi connectivity index (χ0) is 20.8. The molecule has 3 aromatic rings. The lowest BCUT2D eigenvalue weighted by atomic mass is 10.00. The highest BCUT2D eigenvalue weighted by Gasteiger charge is 2.35. The van der Waals surface area contributed by atoms with Crippen molar-refractivity contribution in [3.05, 3.63) is 46.9 Å². The number of hydrogen-bond acceptors (Lipinski definition) is 6. The van der Waals surface area contributed by atoms with Gasteiger partial charge in [-0.15, -0.1) is 0 Å².